The second-order valence-electron chi connectivity index (χ2n) is 10.6. The Balaban J connectivity index is 1.47. The fourth-order valence-electron chi connectivity index (χ4n) is 5.51. The van der Waals surface area contributed by atoms with E-state index in [4.69, 9.17) is 13.7 Å². The van der Waals surface area contributed by atoms with Crippen LogP contribution in [0.25, 0.3) is 11.1 Å². The maximum Gasteiger partial charge on any atom is 0.306 e. The van der Waals surface area contributed by atoms with Gasteiger partial charge in [0.1, 0.15) is 17.7 Å². The fourth-order valence-corrected chi connectivity index (χ4v) is 5.85. The molecule has 2 aromatic carbocycles. The Morgan fingerprint density at radius 2 is 1.93 bits per heavy atom. The van der Waals surface area contributed by atoms with Crippen LogP contribution in [-0.4, -0.2) is 37.8 Å². The summed E-state index contributed by atoms with van der Waals surface area (Å²) < 4.78 is 55.1. The zero-order valence-corrected chi connectivity index (χ0v) is 23.4. The minimum Gasteiger partial charge on any atom is -0.485 e. The molecule has 1 saturated carbocycles. The number of aromatic nitrogens is 1. The van der Waals surface area contributed by atoms with Crippen LogP contribution in [0.1, 0.15) is 60.5 Å². The Bertz CT molecular complexity index is 1540. The predicted octanol–water partition coefficient (Wildman–Crippen LogP) is 5.65. The van der Waals surface area contributed by atoms with Crippen LogP contribution in [0.5, 0.6) is 11.6 Å². The molecule has 5 rings (SSSR count). The number of rotatable bonds is 10. The molecule has 1 N–H and O–H groups in total. The van der Waals surface area contributed by atoms with E-state index in [1.165, 1.54) is 13.2 Å². The zero-order valence-electron chi connectivity index (χ0n) is 22.6. The van der Waals surface area contributed by atoms with E-state index >= 15 is 0 Å². The highest BCUT2D eigenvalue weighted by atomic mass is 32.2. The van der Waals surface area contributed by atoms with Crippen molar-refractivity contribution < 1.29 is 36.4 Å². The highest BCUT2D eigenvalue weighted by molar-refractivity contribution is 7.85. The molecule has 212 valence electrons. The number of halogens is 1. The van der Waals surface area contributed by atoms with Crippen molar-refractivity contribution in [2.75, 3.05) is 13.4 Å². The lowest BCUT2D eigenvalue weighted by atomic mass is 9.82. The van der Waals surface area contributed by atoms with E-state index in [0.29, 0.717) is 23.5 Å². The number of carboxylic acid groups (broad SMARTS) is 1. The average molecular weight is 570 g/mol. The van der Waals surface area contributed by atoms with E-state index in [2.05, 4.69) is 4.98 Å². The normalized spacial score (nSPS) is 18.4. The van der Waals surface area contributed by atoms with Crippen molar-refractivity contribution >= 4 is 16.1 Å². The van der Waals surface area contributed by atoms with Crippen LogP contribution in [0.15, 0.2) is 48.7 Å². The van der Waals surface area contributed by atoms with Gasteiger partial charge in [0.15, 0.2) is 0 Å². The van der Waals surface area contributed by atoms with Gasteiger partial charge in [-0.2, -0.15) is 8.42 Å². The molecule has 1 fully saturated rings. The van der Waals surface area contributed by atoms with Gasteiger partial charge in [0, 0.05) is 11.6 Å². The number of benzene rings is 2. The van der Waals surface area contributed by atoms with Gasteiger partial charge < -0.3 is 14.6 Å². The molecule has 8 nitrogen and oxygen atoms in total. The summed E-state index contributed by atoms with van der Waals surface area (Å²) in [6.45, 7) is 1.48. The quantitative estimate of drug-likeness (QED) is 0.312. The molecule has 2 heterocycles. The molecule has 1 aliphatic carbocycles. The highest BCUT2D eigenvalue weighted by Gasteiger charge is 2.39. The van der Waals surface area contributed by atoms with E-state index < -0.39 is 27.8 Å². The first-order valence-corrected chi connectivity index (χ1v) is 15.0. The van der Waals surface area contributed by atoms with Crippen molar-refractivity contribution in [2.24, 2.45) is 11.8 Å². The number of hydrogen-bond acceptors (Lipinski definition) is 7. The molecule has 0 unspecified atom stereocenters. The van der Waals surface area contributed by atoms with E-state index in [1.54, 1.807) is 19.1 Å². The monoisotopic (exact) mass is 569 g/mol. The predicted molar refractivity (Wildman–Crippen MR) is 146 cm³/mol. The largest absolute Gasteiger partial charge is 0.485 e. The van der Waals surface area contributed by atoms with Gasteiger partial charge >= 0.3 is 5.97 Å². The SMILES string of the molecule is COc1cc(-c2ccc([C@@H]3CCc4ccc([C@H](C5CC5)[C@H](C)C(=O)O)cc4O3)cc2COS(C)(=O)=O)c(F)cn1. The van der Waals surface area contributed by atoms with Crippen molar-refractivity contribution in [3.8, 4) is 22.8 Å². The molecule has 1 aliphatic heterocycles. The lowest BCUT2D eigenvalue weighted by molar-refractivity contribution is -0.142. The summed E-state index contributed by atoms with van der Waals surface area (Å²) in [5, 5.41) is 9.68. The maximum absolute atomic E-state index is 14.8. The average Bonchev–Trinajstić information content (AvgIpc) is 3.76. The summed E-state index contributed by atoms with van der Waals surface area (Å²) in [6.07, 6.45) is 5.19. The number of nitrogens with zero attached hydrogens (tertiary/aromatic N) is 1. The van der Waals surface area contributed by atoms with E-state index in [0.717, 1.165) is 54.2 Å². The lowest BCUT2D eigenvalue weighted by Crippen LogP contribution is -2.21. The standard InChI is InChI=1S/C30H32FNO7S/c1-17(30(33)34)29(19-5-6-19)21-7-4-18-9-11-26(39-27(18)13-21)20-8-10-23(22(12-20)16-38-40(3,35)36)24-14-28(37-2)32-15-25(24)31/h4,7-8,10,12-15,17,19,26,29H,5-6,9,11,16H2,1-3H3,(H,33,34)/t17-,26-,29-/m0/s1. The van der Waals surface area contributed by atoms with E-state index in [9.17, 15) is 22.7 Å². The Kier molecular flexibility index (Phi) is 7.83. The third kappa shape index (κ3) is 6.13. The van der Waals surface area contributed by atoms with Crippen molar-refractivity contribution in [3.63, 3.8) is 0 Å². The number of ether oxygens (including phenoxy) is 2. The number of pyridine rings is 1. The van der Waals surface area contributed by atoms with Crippen LogP contribution in [-0.2, 0) is 32.1 Å². The van der Waals surface area contributed by atoms with Crippen LogP contribution in [0.4, 0.5) is 4.39 Å². The summed E-state index contributed by atoms with van der Waals surface area (Å²) in [5.41, 5.74) is 3.97. The third-order valence-corrected chi connectivity index (χ3v) is 8.28. The molecular weight excluding hydrogens is 537 g/mol. The van der Waals surface area contributed by atoms with Gasteiger partial charge in [0.05, 0.1) is 32.1 Å². The second kappa shape index (κ2) is 11.2. The lowest BCUT2D eigenvalue weighted by Gasteiger charge is -2.29. The first-order valence-electron chi connectivity index (χ1n) is 13.2. The van der Waals surface area contributed by atoms with E-state index in [1.807, 2.05) is 24.3 Å². The topological polar surface area (TPSA) is 112 Å². The molecular formula is C30H32FNO7S. The molecule has 3 aromatic rings. The number of methoxy groups -OCH3 is 1. The number of carbonyl (C=O) groups is 1. The Hall–Kier alpha value is -3.50. The first kappa shape index (κ1) is 28.0. The van der Waals surface area contributed by atoms with Crippen LogP contribution < -0.4 is 9.47 Å². The minimum absolute atomic E-state index is 0.0712. The van der Waals surface area contributed by atoms with Crippen LogP contribution in [0.3, 0.4) is 0 Å². The molecule has 0 radical (unpaired) electrons. The molecule has 2 aliphatic rings. The van der Waals surface area contributed by atoms with Crippen molar-refractivity contribution in [1.29, 1.82) is 0 Å². The fraction of sp³-hybridized carbons (Fsp3) is 0.400. The Morgan fingerprint density at radius 3 is 2.60 bits per heavy atom. The van der Waals surface area contributed by atoms with E-state index in [-0.39, 0.29) is 30.1 Å². The molecule has 0 bridgehead atoms. The van der Waals surface area contributed by atoms with Crippen molar-refractivity contribution in [2.45, 2.75) is 51.2 Å². The van der Waals surface area contributed by atoms with Crippen LogP contribution >= 0.6 is 0 Å². The molecule has 1 aromatic heterocycles. The van der Waals surface area contributed by atoms with Crippen molar-refractivity contribution in [1.82, 2.24) is 4.98 Å². The summed E-state index contributed by atoms with van der Waals surface area (Å²) >= 11 is 0. The number of aliphatic carboxylic acids is 1. The Labute approximate surface area is 233 Å². The number of hydrogen-bond donors (Lipinski definition) is 1. The van der Waals surface area contributed by atoms with Gasteiger partial charge in [-0.25, -0.2) is 9.37 Å². The zero-order chi connectivity index (χ0) is 28.6. The smallest absolute Gasteiger partial charge is 0.306 e. The third-order valence-electron chi connectivity index (χ3n) is 7.74. The van der Waals surface area contributed by atoms with Crippen LogP contribution in [0, 0.1) is 17.7 Å². The Morgan fingerprint density at radius 1 is 1.15 bits per heavy atom. The van der Waals surface area contributed by atoms with Gasteiger partial charge in [-0.05, 0) is 77.5 Å². The van der Waals surface area contributed by atoms with Gasteiger partial charge in [-0.15, -0.1) is 0 Å². The minimum atomic E-state index is -3.75. The molecule has 0 saturated heterocycles. The number of carboxylic acids is 1. The summed E-state index contributed by atoms with van der Waals surface area (Å²) in [5.74, 6) is -0.646. The molecule has 0 amide bonds. The van der Waals surface area contributed by atoms with Gasteiger partial charge in [0.2, 0.25) is 5.88 Å². The molecule has 3 atom stereocenters. The summed E-state index contributed by atoms with van der Waals surface area (Å²) in [7, 11) is -2.32. The van der Waals surface area contributed by atoms with Crippen LogP contribution in [0.2, 0.25) is 0 Å². The second-order valence-corrected chi connectivity index (χ2v) is 12.2. The number of fused-ring (bicyclic) bond motifs is 1. The van der Waals surface area contributed by atoms with Gasteiger partial charge in [-0.3, -0.25) is 8.98 Å². The molecule has 0 spiro atoms. The summed E-state index contributed by atoms with van der Waals surface area (Å²) in [6, 6.07) is 12.8. The highest BCUT2D eigenvalue weighted by Crippen LogP contribution is 2.48. The summed E-state index contributed by atoms with van der Waals surface area (Å²) in [4.78, 5) is 15.7. The first-order chi connectivity index (χ1) is 19.0. The van der Waals surface area contributed by atoms with Gasteiger partial charge in [0.25, 0.3) is 10.1 Å². The number of aryl methyl sites for hydroxylation is 1. The van der Waals surface area contributed by atoms with Crippen molar-refractivity contribution in [3.05, 3.63) is 76.7 Å². The van der Waals surface area contributed by atoms with Gasteiger partial charge in [-0.1, -0.05) is 31.2 Å². The molecule has 40 heavy (non-hydrogen) atoms. The molecule has 10 heteroatoms. The maximum atomic E-state index is 14.8.